The van der Waals surface area contributed by atoms with Crippen LogP contribution in [-0.4, -0.2) is 22.3 Å². The fraction of sp³-hybridized carbons (Fsp3) is 0.429. The molecule has 0 aliphatic heterocycles. The topological polar surface area (TPSA) is 109 Å². The Balaban J connectivity index is 0.00000169. The standard InChI is InChI=1S/C7H10N2O4.BrH/c1-3-4(6(10)9-13-3)2-5(8)7(11)12;/h5H,2,8H2,1H3,(H,9,10)(H,11,12);1H/t5-;/m0./s1. The predicted octanol–water partition coefficient (Wildman–Crippen LogP) is -0.191. The molecule has 1 atom stereocenters. The van der Waals surface area contributed by atoms with Crippen molar-refractivity contribution in [3.05, 3.63) is 21.7 Å². The maximum absolute atomic E-state index is 11.0. The van der Waals surface area contributed by atoms with Crippen LogP contribution in [0.4, 0.5) is 0 Å². The number of nitrogens with two attached hydrogens (primary N) is 1. The lowest BCUT2D eigenvalue weighted by atomic mass is 10.1. The van der Waals surface area contributed by atoms with Crippen LogP contribution < -0.4 is 11.3 Å². The SMILES string of the molecule is Br.Cc1o[nH]c(=O)c1C[C@H](N)C(=O)O. The van der Waals surface area contributed by atoms with E-state index in [9.17, 15) is 9.59 Å². The van der Waals surface area contributed by atoms with E-state index in [1.807, 2.05) is 0 Å². The highest BCUT2D eigenvalue weighted by Gasteiger charge is 2.17. The molecule has 80 valence electrons. The Hall–Kier alpha value is -1.08. The molecule has 1 aromatic rings. The molecule has 0 bridgehead atoms. The zero-order chi connectivity index (χ0) is 10.0. The second-order valence-electron chi connectivity index (χ2n) is 2.72. The maximum Gasteiger partial charge on any atom is 0.320 e. The lowest BCUT2D eigenvalue weighted by Crippen LogP contribution is -2.33. The number of aromatic amines is 1. The van der Waals surface area contributed by atoms with Crippen LogP contribution in [0.15, 0.2) is 9.32 Å². The summed E-state index contributed by atoms with van der Waals surface area (Å²) in [4.78, 5) is 21.4. The largest absolute Gasteiger partial charge is 0.480 e. The number of hydrogen-bond acceptors (Lipinski definition) is 4. The lowest BCUT2D eigenvalue weighted by molar-refractivity contribution is -0.138. The molecule has 4 N–H and O–H groups in total. The molecule has 0 fully saturated rings. The number of rotatable bonds is 3. The Morgan fingerprint density at radius 1 is 1.71 bits per heavy atom. The normalized spacial score (nSPS) is 11.9. The second-order valence-corrected chi connectivity index (χ2v) is 2.72. The van der Waals surface area contributed by atoms with E-state index in [2.05, 4.69) is 9.68 Å². The Bertz CT molecular complexity index is 370. The molecule has 0 saturated carbocycles. The van der Waals surface area contributed by atoms with E-state index in [0.717, 1.165) is 0 Å². The van der Waals surface area contributed by atoms with Gasteiger partial charge < -0.3 is 15.4 Å². The summed E-state index contributed by atoms with van der Waals surface area (Å²) >= 11 is 0. The molecule has 0 unspecified atom stereocenters. The van der Waals surface area contributed by atoms with Gasteiger partial charge in [-0.3, -0.25) is 9.59 Å². The molecule has 1 heterocycles. The van der Waals surface area contributed by atoms with Gasteiger partial charge in [0.25, 0.3) is 5.56 Å². The summed E-state index contributed by atoms with van der Waals surface area (Å²) in [5.41, 5.74) is 5.12. The molecule has 0 radical (unpaired) electrons. The quantitative estimate of drug-likeness (QED) is 0.703. The van der Waals surface area contributed by atoms with Crippen molar-refractivity contribution < 1.29 is 14.4 Å². The first-order chi connectivity index (χ1) is 6.02. The first-order valence-electron chi connectivity index (χ1n) is 3.67. The van der Waals surface area contributed by atoms with Crippen molar-refractivity contribution in [3.63, 3.8) is 0 Å². The van der Waals surface area contributed by atoms with Crippen molar-refractivity contribution in [2.24, 2.45) is 5.73 Å². The van der Waals surface area contributed by atoms with Crippen LogP contribution in [0, 0.1) is 6.92 Å². The van der Waals surface area contributed by atoms with Gasteiger partial charge in [0.15, 0.2) is 0 Å². The van der Waals surface area contributed by atoms with E-state index >= 15 is 0 Å². The van der Waals surface area contributed by atoms with Crippen LogP contribution in [0.25, 0.3) is 0 Å². The van der Waals surface area contributed by atoms with E-state index in [1.165, 1.54) is 0 Å². The van der Waals surface area contributed by atoms with E-state index in [0.29, 0.717) is 5.76 Å². The smallest absolute Gasteiger partial charge is 0.320 e. The molecular formula is C7H11BrN2O4. The van der Waals surface area contributed by atoms with Gasteiger partial charge in [0.2, 0.25) is 0 Å². The van der Waals surface area contributed by atoms with Gasteiger partial charge in [-0.1, -0.05) is 0 Å². The van der Waals surface area contributed by atoms with Crippen LogP contribution >= 0.6 is 17.0 Å². The molecule has 1 aromatic heterocycles. The number of hydrogen-bond donors (Lipinski definition) is 3. The van der Waals surface area contributed by atoms with Gasteiger partial charge in [0.05, 0.1) is 5.56 Å². The number of aliphatic carboxylic acids is 1. The van der Waals surface area contributed by atoms with Crippen molar-refractivity contribution in [1.82, 2.24) is 5.16 Å². The van der Waals surface area contributed by atoms with Gasteiger partial charge in [-0.25, -0.2) is 0 Å². The van der Waals surface area contributed by atoms with Gasteiger partial charge >= 0.3 is 5.97 Å². The molecule has 0 aliphatic rings. The monoisotopic (exact) mass is 266 g/mol. The number of nitrogens with one attached hydrogen (secondary N) is 1. The average molecular weight is 267 g/mol. The zero-order valence-corrected chi connectivity index (χ0v) is 9.16. The summed E-state index contributed by atoms with van der Waals surface area (Å²) in [6, 6.07) is -1.07. The Morgan fingerprint density at radius 2 is 2.29 bits per heavy atom. The van der Waals surface area contributed by atoms with E-state index in [-0.39, 0.29) is 29.0 Å². The van der Waals surface area contributed by atoms with Crippen molar-refractivity contribution in [2.45, 2.75) is 19.4 Å². The number of halogens is 1. The molecule has 6 nitrogen and oxygen atoms in total. The number of carboxylic acids is 1. The van der Waals surface area contributed by atoms with Gasteiger partial charge in [0.1, 0.15) is 11.8 Å². The van der Waals surface area contributed by atoms with Crippen LogP contribution in [0.5, 0.6) is 0 Å². The molecule has 0 saturated heterocycles. The lowest BCUT2D eigenvalue weighted by Gasteiger charge is -2.02. The summed E-state index contributed by atoms with van der Waals surface area (Å²) in [5, 5.41) is 10.6. The third-order valence-electron chi connectivity index (χ3n) is 1.74. The fourth-order valence-electron chi connectivity index (χ4n) is 0.950. The van der Waals surface area contributed by atoms with E-state index < -0.39 is 17.6 Å². The number of aryl methyl sites for hydroxylation is 1. The summed E-state index contributed by atoms with van der Waals surface area (Å²) in [5.74, 6) is -0.762. The second kappa shape index (κ2) is 4.97. The molecule has 7 heteroatoms. The van der Waals surface area contributed by atoms with Crippen molar-refractivity contribution in [1.29, 1.82) is 0 Å². The average Bonchev–Trinajstić information content (AvgIpc) is 2.35. The van der Waals surface area contributed by atoms with E-state index in [4.69, 9.17) is 10.8 Å². The Kier molecular flexibility index (Phi) is 4.58. The van der Waals surface area contributed by atoms with Crippen molar-refractivity contribution >= 4 is 23.0 Å². The van der Waals surface area contributed by atoms with Gasteiger partial charge in [0, 0.05) is 6.42 Å². The maximum atomic E-state index is 11.0. The molecule has 0 amide bonds. The third kappa shape index (κ3) is 2.71. The Morgan fingerprint density at radius 3 is 2.64 bits per heavy atom. The fourth-order valence-corrected chi connectivity index (χ4v) is 0.950. The molecule has 1 rings (SSSR count). The van der Waals surface area contributed by atoms with Crippen molar-refractivity contribution in [2.75, 3.05) is 0 Å². The van der Waals surface area contributed by atoms with Crippen molar-refractivity contribution in [3.8, 4) is 0 Å². The molecule has 0 aliphatic carbocycles. The highest BCUT2D eigenvalue weighted by Crippen LogP contribution is 2.03. The van der Waals surface area contributed by atoms with Gasteiger partial charge in [-0.15, -0.1) is 17.0 Å². The van der Waals surface area contributed by atoms with Crippen LogP contribution in [0.3, 0.4) is 0 Å². The van der Waals surface area contributed by atoms with Gasteiger partial charge in [-0.2, -0.15) is 5.16 Å². The third-order valence-corrected chi connectivity index (χ3v) is 1.74. The summed E-state index contributed by atoms with van der Waals surface area (Å²) < 4.78 is 4.69. The number of carbonyl (C=O) groups is 1. The van der Waals surface area contributed by atoms with Crippen LogP contribution in [-0.2, 0) is 11.2 Å². The van der Waals surface area contributed by atoms with E-state index in [1.54, 1.807) is 6.92 Å². The highest BCUT2D eigenvalue weighted by atomic mass is 79.9. The molecular weight excluding hydrogens is 256 g/mol. The first-order valence-corrected chi connectivity index (χ1v) is 3.67. The number of aromatic nitrogens is 1. The summed E-state index contributed by atoms with van der Waals surface area (Å²) in [6.45, 7) is 1.57. The summed E-state index contributed by atoms with van der Waals surface area (Å²) in [7, 11) is 0. The zero-order valence-electron chi connectivity index (χ0n) is 7.44. The van der Waals surface area contributed by atoms with Gasteiger partial charge in [-0.05, 0) is 6.92 Å². The first kappa shape index (κ1) is 12.9. The number of carboxylic acid groups (broad SMARTS) is 1. The molecule has 14 heavy (non-hydrogen) atoms. The van der Waals surface area contributed by atoms with Crippen LogP contribution in [0.2, 0.25) is 0 Å². The Labute approximate surface area is 89.8 Å². The summed E-state index contributed by atoms with van der Waals surface area (Å²) in [6.07, 6.45) is -0.0208. The molecule has 0 aromatic carbocycles. The predicted molar refractivity (Wildman–Crippen MR) is 53.7 cm³/mol. The van der Waals surface area contributed by atoms with Crippen LogP contribution in [0.1, 0.15) is 11.3 Å². The minimum absolute atomic E-state index is 0. The highest BCUT2D eigenvalue weighted by molar-refractivity contribution is 8.93. The molecule has 0 spiro atoms. The minimum Gasteiger partial charge on any atom is -0.480 e. The number of H-pyrrole nitrogens is 1. The minimum atomic E-state index is -1.14.